The van der Waals surface area contributed by atoms with Crippen molar-refractivity contribution in [3.8, 4) is 5.75 Å². The number of rotatable bonds is 10. The van der Waals surface area contributed by atoms with E-state index in [0.717, 1.165) is 37.7 Å². The van der Waals surface area contributed by atoms with Crippen molar-refractivity contribution in [2.24, 2.45) is 0 Å². The topological polar surface area (TPSA) is 35.5 Å². The Morgan fingerprint density at radius 2 is 1.76 bits per heavy atom. The largest absolute Gasteiger partial charge is 0.476 e. The van der Waals surface area contributed by atoms with Gasteiger partial charge in [0.15, 0.2) is 5.60 Å². The lowest BCUT2D eigenvalue weighted by molar-refractivity contribution is -0.159. The number of carbonyl (C=O) groups is 1. The van der Waals surface area contributed by atoms with E-state index in [9.17, 15) is 4.79 Å². The molecule has 0 amide bonds. The Bertz CT molecular complexity index is 570. The Hall–Kier alpha value is -0.640. The van der Waals surface area contributed by atoms with E-state index in [1.807, 2.05) is 24.3 Å². The summed E-state index contributed by atoms with van der Waals surface area (Å²) in [5.41, 5.74) is 0.0367. The summed E-state index contributed by atoms with van der Waals surface area (Å²) in [5, 5.41) is 0. The van der Waals surface area contributed by atoms with Gasteiger partial charge >= 0.3 is 5.97 Å². The molecule has 0 bridgehead atoms. The van der Waals surface area contributed by atoms with Crippen LogP contribution in [0.5, 0.6) is 5.75 Å². The summed E-state index contributed by atoms with van der Waals surface area (Å²) in [7, 11) is 0. The van der Waals surface area contributed by atoms with Crippen molar-refractivity contribution >= 4 is 40.8 Å². The highest BCUT2D eigenvalue weighted by Gasteiger charge is 2.52. The number of alkyl halides is 3. The monoisotopic (exact) mass is 406 g/mol. The first-order valence-corrected chi connectivity index (χ1v) is 9.95. The number of unbranched alkanes of at least 4 members (excludes halogenated alkanes) is 3. The highest BCUT2D eigenvalue weighted by atomic mass is 35.5. The second-order valence-electron chi connectivity index (χ2n) is 6.94. The SMILES string of the molecule is CC(C)(Oc1ccc(C2CC2(Cl)Cl)cc1)C(=O)OCCCCCCCl. The van der Waals surface area contributed by atoms with Crippen LogP contribution >= 0.6 is 34.8 Å². The number of esters is 1. The predicted molar refractivity (Wildman–Crippen MR) is 103 cm³/mol. The molecular weight excluding hydrogens is 383 g/mol. The fourth-order valence-corrected chi connectivity index (χ4v) is 3.32. The molecule has 140 valence electrons. The molecule has 0 radical (unpaired) electrons. The first-order chi connectivity index (χ1) is 11.8. The third kappa shape index (κ3) is 6.23. The molecule has 25 heavy (non-hydrogen) atoms. The molecule has 0 N–H and O–H groups in total. The van der Waals surface area contributed by atoms with E-state index in [-0.39, 0.29) is 11.9 Å². The minimum Gasteiger partial charge on any atom is -0.476 e. The van der Waals surface area contributed by atoms with Gasteiger partial charge in [0.2, 0.25) is 0 Å². The summed E-state index contributed by atoms with van der Waals surface area (Å²) in [4.78, 5) is 12.2. The molecule has 0 aliphatic heterocycles. The predicted octanol–water partition coefficient (Wildman–Crippen LogP) is 5.85. The van der Waals surface area contributed by atoms with Gasteiger partial charge in [0, 0.05) is 11.8 Å². The van der Waals surface area contributed by atoms with Crippen LogP contribution in [0.4, 0.5) is 0 Å². The number of halogens is 3. The van der Waals surface area contributed by atoms with E-state index in [0.29, 0.717) is 18.2 Å². The van der Waals surface area contributed by atoms with Crippen molar-refractivity contribution in [1.29, 1.82) is 0 Å². The van der Waals surface area contributed by atoms with Crippen LogP contribution in [0.3, 0.4) is 0 Å². The lowest BCUT2D eigenvalue weighted by Gasteiger charge is -2.24. The van der Waals surface area contributed by atoms with E-state index in [2.05, 4.69) is 0 Å². The Balaban J connectivity index is 1.78. The molecule has 1 aromatic carbocycles. The molecule has 0 spiro atoms. The number of hydrogen-bond acceptors (Lipinski definition) is 3. The molecular formula is C19H25Cl3O3. The fourth-order valence-electron chi connectivity index (χ4n) is 2.57. The average molecular weight is 408 g/mol. The van der Waals surface area contributed by atoms with Crippen molar-refractivity contribution in [3.63, 3.8) is 0 Å². The standard InChI is InChI=1S/C19H25Cl3O3/c1-18(2,17(23)24-12-6-4-3-5-11-20)25-15-9-7-14(8-10-15)16-13-19(16,21)22/h7-10,16H,3-6,11-13H2,1-2H3. The third-order valence-electron chi connectivity index (χ3n) is 4.23. The molecule has 3 nitrogen and oxygen atoms in total. The van der Waals surface area contributed by atoms with Crippen LogP contribution in [0.25, 0.3) is 0 Å². The number of carbonyl (C=O) groups excluding carboxylic acids is 1. The van der Waals surface area contributed by atoms with Crippen LogP contribution in [-0.4, -0.2) is 28.4 Å². The number of hydrogen-bond donors (Lipinski definition) is 0. The van der Waals surface area contributed by atoms with Gasteiger partial charge in [-0.3, -0.25) is 0 Å². The van der Waals surface area contributed by atoms with Crippen molar-refractivity contribution in [2.75, 3.05) is 12.5 Å². The van der Waals surface area contributed by atoms with Crippen molar-refractivity contribution in [1.82, 2.24) is 0 Å². The van der Waals surface area contributed by atoms with Gasteiger partial charge in [-0.2, -0.15) is 0 Å². The third-order valence-corrected chi connectivity index (χ3v) is 5.34. The first kappa shape index (κ1) is 20.7. The van der Waals surface area contributed by atoms with Crippen LogP contribution in [0.2, 0.25) is 0 Å². The van der Waals surface area contributed by atoms with Crippen molar-refractivity contribution < 1.29 is 14.3 Å². The minimum absolute atomic E-state index is 0.168. The van der Waals surface area contributed by atoms with E-state index < -0.39 is 9.93 Å². The van der Waals surface area contributed by atoms with Gasteiger partial charge < -0.3 is 9.47 Å². The van der Waals surface area contributed by atoms with Crippen LogP contribution in [-0.2, 0) is 9.53 Å². The van der Waals surface area contributed by atoms with Crippen LogP contribution in [0, 0.1) is 0 Å². The molecule has 1 saturated carbocycles. The zero-order valence-corrected chi connectivity index (χ0v) is 17.0. The van der Waals surface area contributed by atoms with Gasteiger partial charge in [-0.05, 0) is 50.8 Å². The maximum atomic E-state index is 12.2. The molecule has 1 aromatic rings. The molecule has 0 heterocycles. The van der Waals surface area contributed by atoms with Crippen LogP contribution < -0.4 is 4.74 Å². The fraction of sp³-hybridized carbons (Fsp3) is 0.632. The van der Waals surface area contributed by atoms with Gasteiger partial charge in [0.05, 0.1) is 6.61 Å². The Labute approximate surface area is 164 Å². The zero-order chi connectivity index (χ0) is 18.5. The second-order valence-corrected chi connectivity index (χ2v) is 8.86. The molecule has 1 atom stereocenters. The summed E-state index contributed by atoms with van der Waals surface area (Å²) < 4.78 is 10.5. The Kier molecular flexibility index (Phi) is 7.30. The lowest BCUT2D eigenvalue weighted by Crippen LogP contribution is -2.39. The molecule has 1 fully saturated rings. The second kappa shape index (κ2) is 8.83. The highest BCUT2D eigenvalue weighted by molar-refractivity contribution is 6.51. The smallest absolute Gasteiger partial charge is 0.349 e. The van der Waals surface area contributed by atoms with E-state index in [4.69, 9.17) is 44.3 Å². The summed E-state index contributed by atoms with van der Waals surface area (Å²) in [5.74, 6) is 1.10. The average Bonchev–Trinajstić information content (AvgIpc) is 3.19. The maximum Gasteiger partial charge on any atom is 0.349 e. The molecule has 1 aliphatic rings. The highest BCUT2D eigenvalue weighted by Crippen LogP contribution is 2.59. The molecule has 2 rings (SSSR count). The van der Waals surface area contributed by atoms with Gasteiger partial charge in [-0.1, -0.05) is 25.0 Å². The number of benzene rings is 1. The van der Waals surface area contributed by atoms with Gasteiger partial charge in [0.1, 0.15) is 10.1 Å². The quantitative estimate of drug-likeness (QED) is 0.277. The molecule has 6 heteroatoms. The molecule has 1 aliphatic carbocycles. The lowest BCUT2D eigenvalue weighted by atomic mass is 10.1. The first-order valence-electron chi connectivity index (χ1n) is 8.66. The van der Waals surface area contributed by atoms with Gasteiger partial charge in [0.25, 0.3) is 0 Å². The maximum absolute atomic E-state index is 12.2. The normalized spacial score (nSPS) is 18.7. The van der Waals surface area contributed by atoms with Gasteiger partial charge in [-0.15, -0.1) is 34.8 Å². The van der Waals surface area contributed by atoms with E-state index in [1.54, 1.807) is 13.8 Å². The van der Waals surface area contributed by atoms with Gasteiger partial charge in [-0.25, -0.2) is 4.79 Å². The molecule has 1 unspecified atom stereocenters. The summed E-state index contributed by atoms with van der Waals surface area (Å²) in [6.07, 6.45) is 4.66. The van der Waals surface area contributed by atoms with E-state index >= 15 is 0 Å². The Morgan fingerprint density at radius 1 is 1.16 bits per heavy atom. The summed E-state index contributed by atoms with van der Waals surface area (Å²) >= 11 is 17.8. The summed E-state index contributed by atoms with van der Waals surface area (Å²) in [6, 6.07) is 7.53. The van der Waals surface area contributed by atoms with Crippen molar-refractivity contribution in [3.05, 3.63) is 29.8 Å². The zero-order valence-electron chi connectivity index (χ0n) is 14.7. The van der Waals surface area contributed by atoms with Crippen LogP contribution in [0.1, 0.15) is 57.4 Å². The van der Waals surface area contributed by atoms with E-state index in [1.165, 1.54) is 0 Å². The minimum atomic E-state index is -1.04. The van der Waals surface area contributed by atoms with Crippen LogP contribution in [0.15, 0.2) is 24.3 Å². The summed E-state index contributed by atoms with van der Waals surface area (Å²) in [6.45, 7) is 3.82. The van der Waals surface area contributed by atoms with Crippen molar-refractivity contribution in [2.45, 2.75) is 61.8 Å². The Morgan fingerprint density at radius 3 is 2.32 bits per heavy atom. The number of ether oxygens (including phenoxy) is 2. The molecule has 0 aromatic heterocycles. The molecule has 0 saturated heterocycles.